The Bertz CT molecular complexity index is 196. The van der Waals surface area contributed by atoms with E-state index in [-0.39, 0.29) is 18.6 Å². The summed E-state index contributed by atoms with van der Waals surface area (Å²) in [6.07, 6.45) is 5.13. The zero-order chi connectivity index (χ0) is 12.2. The van der Waals surface area contributed by atoms with Crippen molar-refractivity contribution in [2.45, 2.75) is 45.6 Å². The lowest BCUT2D eigenvalue weighted by Crippen LogP contribution is -2.44. The summed E-state index contributed by atoms with van der Waals surface area (Å²) in [7, 11) is 2.12. The van der Waals surface area contributed by atoms with Gasteiger partial charge in [-0.05, 0) is 38.6 Å². The number of hydrogen-bond acceptors (Lipinski definition) is 3. The molecule has 1 aliphatic rings. The minimum absolute atomic E-state index is 0.0525. The molecule has 0 bridgehead atoms. The average Bonchev–Trinajstić information content (AvgIpc) is 2.29. The summed E-state index contributed by atoms with van der Waals surface area (Å²) in [6.45, 7) is 5.14. The van der Waals surface area contributed by atoms with Gasteiger partial charge in [-0.1, -0.05) is 13.8 Å². The van der Waals surface area contributed by atoms with Crippen molar-refractivity contribution in [3.8, 4) is 0 Å². The lowest BCUT2D eigenvalue weighted by molar-refractivity contribution is 0.0236. The molecule has 0 radical (unpaired) electrons. The van der Waals surface area contributed by atoms with Crippen LogP contribution in [0, 0.1) is 11.3 Å². The third-order valence-corrected chi connectivity index (χ3v) is 4.00. The predicted molar refractivity (Wildman–Crippen MR) is 66.3 cm³/mol. The number of rotatable bonds is 5. The van der Waals surface area contributed by atoms with Crippen LogP contribution >= 0.6 is 0 Å². The van der Waals surface area contributed by atoms with Crippen LogP contribution in [0.5, 0.6) is 0 Å². The molecule has 0 amide bonds. The zero-order valence-corrected chi connectivity index (χ0v) is 10.9. The van der Waals surface area contributed by atoms with E-state index in [4.69, 9.17) is 0 Å². The lowest BCUT2D eigenvalue weighted by atomic mass is 9.85. The van der Waals surface area contributed by atoms with Crippen LogP contribution in [0.1, 0.15) is 39.5 Å². The Kier molecular flexibility index (Phi) is 5.22. The SMILES string of the molecule is CC1CCC(N(C)CC(C)(CO)CO)CC1. The van der Waals surface area contributed by atoms with E-state index >= 15 is 0 Å². The van der Waals surface area contributed by atoms with Crippen molar-refractivity contribution in [2.75, 3.05) is 26.8 Å². The Labute approximate surface area is 99.5 Å². The summed E-state index contributed by atoms with van der Waals surface area (Å²) in [6, 6.07) is 0.633. The largest absolute Gasteiger partial charge is 0.396 e. The van der Waals surface area contributed by atoms with Gasteiger partial charge >= 0.3 is 0 Å². The molecule has 0 aromatic heterocycles. The quantitative estimate of drug-likeness (QED) is 0.750. The van der Waals surface area contributed by atoms with Crippen molar-refractivity contribution in [2.24, 2.45) is 11.3 Å². The molecule has 2 N–H and O–H groups in total. The molecule has 1 fully saturated rings. The second-order valence-corrected chi connectivity index (χ2v) is 5.96. The highest BCUT2D eigenvalue weighted by atomic mass is 16.3. The summed E-state index contributed by atoms with van der Waals surface area (Å²) < 4.78 is 0. The molecule has 0 aromatic carbocycles. The molecule has 3 nitrogen and oxygen atoms in total. The molecule has 1 aliphatic carbocycles. The zero-order valence-electron chi connectivity index (χ0n) is 10.9. The van der Waals surface area contributed by atoms with E-state index in [0.29, 0.717) is 6.04 Å². The van der Waals surface area contributed by atoms with E-state index in [9.17, 15) is 10.2 Å². The van der Waals surface area contributed by atoms with E-state index in [2.05, 4.69) is 18.9 Å². The van der Waals surface area contributed by atoms with Gasteiger partial charge in [-0.15, -0.1) is 0 Å². The monoisotopic (exact) mass is 229 g/mol. The van der Waals surface area contributed by atoms with E-state index in [1.54, 1.807) is 0 Å². The second-order valence-electron chi connectivity index (χ2n) is 5.96. The first-order valence-electron chi connectivity index (χ1n) is 6.43. The molecule has 3 heteroatoms. The maximum atomic E-state index is 9.29. The van der Waals surface area contributed by atoms with Crippen molar-refractivity contribution < 1.29 is 10.2 Å². The van der Waals surface area contributed by atoms with Crippen molar-refractivity contribution in [3.05, 3.63) is 0 Å². The smallest absolute Gasteiger partial charge is 0.0519 e. The summed E-state index contributed by atoms with van der Waals surface area (Å²) >= 11 is 0. The predicted octanol–water partition coefficient (Wildman–Crippen LogP) is 1.49. The minimum atomic E-state index is -0.363. The van der Waals surface area contributed by atoms with Crippen molar-refractivity contribution in [3.63, 3.8) is 0 Å². The standard InChI is InChI=1S/C13H27NO2/c1-11-4-6-12(7-5-11)14(3)8-13(2,9-15)10-16/h11-12,15-16H,4-10H2,1-3H3. The van der Waals surface area contributed by atoms with Gasteiger partial charge in [0.05, 0.1) is 13.2 Å². The summed E-state index contributed by atoms with van der Waals surface area (Å²) in [5.41, 5.74) is -0.363. The van der Waals surface area contributed by atoms with Crippen LogP contribution in [0.4, 0.5) is 0 Å². The molecule has 0 aromatic rings. The Hall–Kier alpha value is -0.120. The summed E-state index contributed by atoms with van der Waals surface area (Å²) in [5, 5.41) is 18.6. The van der Waals surface area contributed by atoms with Crippen LogP contribution < -0.4 is 0 Å². The molecule has 1 rings (SSSR count). The van der Waals surface area contributed by atoms with Crippen LogP contribution in [0.15, 0.2) is 0 Å². The molecular weight excluding hydrogens is 202 g/mol. The van der Waals surface area contributed by atoms with Crippen molar-refractivity contribution in [1.29, 1.82) is 0 Å². The molecule has 0 unspecified atom stereocenters. The molecule has 96 valence electrons. The van der Waals surface area contributed by atoms with Gasteiger partial charge in [0, 0.05) is 18.0 Å². The van der Waals surface area contributed by atoms with Gasteiger partial charge in [-0.3, -0.25) is 0 Å². The molecule has 0 atom stereocenters. The van der Waals surface area contributed by atoms with E-state index in [1.807, 2.05) is 6.92 Å². The highest BCUT2D eigenvalue weighted by Gasteiger charge is 2.29. The second kappa shape index (κ2) is 5.99. The number of hydrogen-bond donors (Lipinski definition) is 2. The number of aliphatic hydroxyl groups excluding tert-OH is 2. The van der Waals surface area contributed by atoms with Gasteiger partial charge < -0.3 is 15.1 Å². The molecule has 16 heavy (non-hydrogen) atoms. The van der Waals surface area contributed by atoms with Crippen LogP contribution in [0.2, 0.25) is 0 Å². The fourth-order valence-corrected chi connectivity index (χ4v) is 2.56. The fourth-order valence-electron chi connectivity index (χ4n) is 2.56. The van der Waals surface area contributed by atoms with Crippen molar-refractivity contribution >= 4 is 0 Å². The molecule has 0 spiro atoms. The minimum Gasteiger partial charge on any atom is -0.396 e. The first kappa shape index (κ1) is 13.9. The maximum absolute atomic E-state index is 9.29. The first-order chi connectivity index (χ1) is 7.50. The molecular formula is C13H27NO2. The Morgan fingerprint density at radius 2 is 1.62 bits per heavy atom. The third-order valence-electron chi connectivity index (χ3n) is 4.00. The Balaban J connectivity index is 2.42. The van der Waals surface area contributed by atoms with E-state index in [1.165, 1.54) is 25.7 Å². The van der Waals surface area contributed by atoms with Crippen LogP contribution in [-0.2, 0) is 0 Å². The van der Waals surface area contributed by atoms with Gasteiger partial charge in [0.2, 0.25) is 0 Å². The summed E-state index contributed by atoms with van der Waals surface area (Å²) in [5.74, 6) is 0.867. The Morgan fingerprint density at radius 3 is 2.06 bits per heavy atom. The highest BCUT2D eigenvalue weighted by Crippen LogP contribution is 2.28. The van der Waals surface area contributed by atoms with Crippen LogP contribution in [-0.4, -0.2) is 48.0 Å². The Morgan fingerprint density at radius 1 is 1.12 bits per heavy atom. The summed E-state index contributed by atoms with van der Waals surface area (Å²) in [4.78, 5) is 2.32. The molecule has 0 aliphatic heterocycles. The fraction of sp³-hybridized carbons (Fsp3) is 1.00. The molecule has 0 saturated heterocycles. The normalized spacial score (nSPS) is 27.4. The molecule has 1 saturated carbocycles. The first-order valence-corrected chi connectivity index (χ1v) is 6.43. The average molecular weight is 229 g/mol. The van der Waals surface area contributed by atoms with Crippen LogP contribution in [0.3, 0.4) is 0 Å². The highest BCUT2D eigenvalue weighted by molar-refractivity contribution is 4.82. The van der Waals surface area contributed by atoms with Crippen molar-refractivity contribution in [1.82, 2.24) is 4.90 Å². The number of nitrogens with zero attached hydrogens (tertiary/aromatic N) is 1. The van der Waals surface area contributed by atoms with Gasteiger partial charge in [0.25, 0.3) is 0 Å². The number of aliphatic hydroxyl groups is 2. The molecule has 0 heterocycles. The van der Waals surface area contributed by atoms with Crippen LogP contribution in [0.25, 0.3) is 0 Å². The van der Waals surface area contributed by atoms with Gasteiger partial charge in [0.1, 0.15) is 0 Å². The third kappa shape index (κ3) is 3.72. The van der Waals surface area contributed by atoms with E-state index < -0.39 is 0 Å². The van der Waals surface area contributed by atoms with Gasteiger partial charge in [-0.25, -0.2) is 0 Å². The van der Waals surface area contributed by atoms with Gasteiger partial charge in [0.15, 0.2) is 0 Å². The lowest BCUT2D eigenvalue weighted by Gasteiger charge is -2.38. The van der Waals surface area contributed by atoms with Gasteiger partial charge in [-0.2, -0.15) is 0 Å². The van der Waals surface area contributed by atoms with E-state index in [0.717, 1.165) is 12.5 Å². The topological polar surface area (TPSA) is 43.7 Å². The maximum Gasteiger partial charge on any atom is 0.0519 e.